The highest BCUT2D eigenvalue weighted by Gasteiger charge is 2.34. The van der Waals surface area contributed by atoms with Crippen molar-refractivity contribution in [1.82, 2.24) is 9.88 Å². The molecule has 2 fully saturated rings. The molecule has 5 rings (SSSR count). The van der Waals surface area contributed by atoms with Gasteiger partial charge in [0.1, 0.15) is 5.75 Å². The zero-order valence-corrected chi connectivity index (χ0v) is 16.5. The second kappa shape index (κ2) is 8.07. The number of fused-ring (bicyclic) bond motifs is 2. The molecule has 5 nitrogen and oxygen atoms in total. The first-order valence-corrected chi connectivity index (χ1v) is 9.97. The Bertz CT molecular complexity index is 957. The standard InChI is InChI=1S/C18H18N2O2.C5H9N/c1-3-22-14-9-7-13(8-10-14)19-11-15-17-12(2)5-4-6-16(17)20-18(15)21;1-3-6-4-2-5(1)6/h4-11,20-21H,3H2,1-2H3;5H,1-4H2. The smallest absolute Gasteiger partial charge is 0.198 e. The first-order chi connectivity index (χ1) is 13.7. The van der Waals surface area contributed by atoms with Gasteiger partial charge in [-0.15, -0.1) is 0 Å². The summed E-state index contributed by atoms with van der Waals surface area (Å²) in [5, 5.41) is 11.1. The van der Waals surface area contributed by atoms with E-state index in [0.29, 0.717) is 12.2 Å². The Balaban J connectivity index is 0.000000268. The van der Waals surface area contributed by atoms with Gasteiger partial charge < -0.3 is 19.7 Å². The quantitative estimate of drug-likeness (QED) is 0.642. The summed E-state index contributed by atoms with van der Waals surface area (Å²) in [6.45, 7) is 7.40. The molecule has 0 saturated carbocycles. The largest absolute Gasteiger partial charge is 0.494 e. The molecule has 146 valence electrons. The highest BCUT2D eigenvalue weighted by molar-refractivity contribution is 6.04. The number of piperidine rings is 1. The van der Waals surface area contributed by atoms with Crippen LogP contribution >= 0.6 is 0 Å². The molecule has 0 radical (unpaired) electrons. The Labute approximate surface area is 165 Å². The van der Waals surface area contributed by atoms with E-state index in [9.17, 15) is 5.11 Å². The second-order valence-electron chi connectivity index (χ2n) is 7.34. The molecule has 1 aromatic heterocycles. The van der Waals surface area contributed by atoms with Crippen molar-refractivity contribution in [3.8, 4) is 11.6 Å². The van der Waals surface area contributed by atoms with E-state index in [0.717, 1.165) is 33.9 Å². The van der Waals surface area contributed by atoms with E-state index in [4.69, 9.17) is 4.74 Å². The third kappa shape index (κ3) is 3.76. The van der Waals surface area contributed by atoms with Gasteiger partial charge in [-0.3, -0.25) is 4.99 Å². The number of hydrogen-bond acceptors (Lipinski definition) is 4. The van der Waals surface area contributed by atoms with E-state index in [2.05, 4.69) is 14.9 Å². The van der Waals surface area contributed by atoms with Gasteiger partial charge in [-0.2, -0.15) is 0 Å². The summed E-state index contributed by atoms with van der Waals surface area (Å²) >= 11 is 0. The summed E-state index contributed by atoms with van der Waals surface area (Å²) in [5.41, 5.74) is 3.53. The zero-order valence-electron chi connectivity index (χ0n) is 16.5. The van der Waals surface area contributed by atoms with Crippen molar-refractivity contribution in [3.63, 3.8) is 0 Å². The minimum Gasteiger partial charge on any atom is -0.494 e. The molecular weight excluding hydrogens is 350 g/mol. The Kier molecular flexibility index (Phi) is 5.35. The average molecular weight is 377 g/mol. The average Bonchev–Trinajstić information content (AvgIpc) is 3.01. The molecule has 5 heteroatoms. The van der Waals surface area contributed by atoms with Gasteiger partial charge in [-0.05, 0) is 75.7 Å². The first kappa shape index (κ1) is 18.6. The Morgan fingerprint density at radius 1 is 1.18 bits per heavy atom. The highest BCUT2D eigenvalue weighted by atomic mass is 16.5. The summed E-state index contributed by atoms with van der Waals surface area (Å²) in [6.07, 6.45) is 4.66. The molecule has 0 spiro atoms. The van der Waals surface area contributed by atoms with Gasteiger partial charge in [0.05, 0.1) is 17.9 Å². The molecule has 0 bridgehead atoms. The number of H-pyrrole nitrogens is 1. The number of ether oxygens (including phenoxy) is 1. The number of aromatic amines is 1. The van der Waals surface area contributed by atoms with Gasteiger partial charge in [0.15, 0.2) is 5.88 Å². The van der Waals surface area contributed by atoms with Crippen LogP contribution in [0.4, 0.5) is 5.69 Å². The lowest BCUT2D eigenvalue weighted by molar-refractivity contribution is -0.00222. The number of benzene rings is 2. The monoisotopic (exact) mass is 377 g/mol. The van der Waals surface area contributed by atoms with Crippen LogP contribution in [-0.4, -0.2) is 46.9 Å². The number of rotatable bonds is 4. The van der Waals surface area contributed by atoms with E-state index in [1.165, 1.54) is 25.9 Å². The topological polar surface area (TPSA) is 60.9 Å². The van der Waals surface area contributed by atoms with Crippen molar-refractivity contribution < 1.29 is 9.84 Å². The molecule has 0 amide bonds. The maximum absolute atomic E-state index is 10.1. The van der Waals surface area contributed by atoms with Gasteiger partial charge in [0.25, 0.3) is 0 Å². The van der Waals surface area contributed by atoms with E-state index in [1.54, 1.807) is 6.21 Å². The van der Waals surface area contributed by atoms with Gasteiger partial charge in [-0.1, -0.05) is 12.1 Å². The van der Waals surface area contributed by atoms with E-state index in [-0.39, 0.29) is 5.88 Å². The van der Waals surface area contributed by atoms with Crippen molar-refractivity contribution in [3.05, 3.63) is 53.6 Å². The predicted octanol–water partition coefficient (Wildman–Crippen LogP) is 4.80. The number of aryl methyl sites for hydroxylation is 1. The molecule has 0 atom stereocenters. The summed E-state index contributed by atoms with van der Waals surface area (Å²) in [5.74, 6) is 0.964. The van der Waals surface area contributed by atoms with E-state index < -0.39 is 0 Å². The zero-order chi connectivity index (χ0) is 19.5. The van der Waals surface area contributed by atoms with Crippen molar-refractivity contribution in [2.75, 3.05) is 19.7 Å². The Morgan fingerprint density at radius 2 is 1.89 bits per heavy atom. The number of aliphatic imine (C=N–C) groups is 1. The lowest BCUT2D eigenvalue weighted by Crippen LogP contribution is -2.57. The third-order valence-electron chi connectivity index (χ3n) is 5.56. The van der Waals surface area contributed by atoms with E-state index >= 15 is 0 Å². The molecule has 2 aromatic carbocycles. The molecule has 3 aromatic rings. The fourth-order valence-corrected chi connectivity index (χ4v) is 3.75. The maximum Gasteiger partial charge on any atom is 0.198 e. The first-order valence-electron chi connectivity index (χ1n) is 9.97. The van der Waals surface area contributed by atoms with Crippen molar-refractivity contribution in [2.24, 2.45) is 4.99 Å². The molecule has 28 heavy (non-hydrogen) atoms. The number of hydrogen-bond donors (Lipinski definition) is 2. The van der Waals surface area contributed by atoms with Gasteiger partial charge in [0, 0.05) is 23.2 Å². The van der Waals surface area contributed by atoms with Crippen LogP contribution in [-0.2, 0) is 0 Å². The van der Waals surface area contributed by atoms with Crippen LogP contribution in [0.15, 0.2) is 47.5 Å². The number of aromatic nitrogens is 1. The summed E-state index contributed by atoms with van der Waals surface area (Å²) < 4.78 is 5.41. The fourth-order valence-electron chi connectivity index (χ4n) is 3.75. The van der Waals surface area contributed by atoms with Crippen LogP contribution in [0.1, 0.15) is 30.9 Å². The molecule has 0 unspecified atom stereocenters. The van der Waals surface area contributed by atoms with Gasteiger partial charge in [-0.25, -0.2) is 0 Å². The van der Waals surface area contributed by atoms with E-state index in [1.807, 2.05) is 56.3 Å². The fraction of sp³-hybridized carbons (Fsp3) is 0.348. The molecular formula is C23H27N3O2. The van der Waals surface area contributed by atoms with Crippen LogP contribution in [0.5, 0.6) is 11.6 Å². The van der Waals surface area contributed by atoms with Gasteiger partial charge in [0.2, 0.25) is 0 Å². The lowest BCUT2D eigenvalue weighted by atomic mass is 9.91. The molecule has 2 aliphatic heterocycles. The van der Waals surface area contributed by atoms with Crippen LogP contribution in [0.25, 0.3) is 10.9 Å². The van der Waals surface area contributed by atoms with Crippen molar-refractivity contribution in [1.29, 1.82) is 0 Å². The highest BCUT2D eigenvalue weighted by Crippen LogP contribution is 2.29. The summed E-state index contributed by atoms with van der Waals surface area (Å²) in [7, 11) is 0. The summed E-state index contributed by atoms with van der Waals surface area (Å²) in [6, 6.07) is 14.5. The van der Waals surface area contributed by atoms with Gasteiger partial charge >= 0.3 is 0 Å². The lowest BCUT2D eigenvalue weighted by Gasteiger charge is -2.50. The van der Waals surface area contributed by atoms with Crippen LogP contribution in [0.3, 0.4) is 0 Å². The number of aromatic hydroxyl groups is 1. The Hall–Kier alpha value is -2.79. The SMILES string of the molecule is C1CN2CCC12.CCOc1ccc(N=Cc2c(O)[nH]c3cccc(C)c23)cc1. The number of nitrogens with zero attached hydrogens (tertiary/aromatic N) is 2. The minimum atomic E-state index is 0.138. The third-order valence-corrected chi connectivity index (χ3v) is 5.56. The molecule has 2 N–H and O–H groups in total. The van der Waals surface area contributed by atoms with Crippen LogP contribution in [0.2, 0.25) is 0 Å². The molecule has 2 aliphatic rings. The molecule has 2 saturated heterocycles. The number of nitrogens with one attached hydrogen (secondary N) is 1. The van der Waals surface area contributed by atoms with Crippen LogP contribution < -0.4 is 4.74 Å². The normalized spacial score (nSPS) is 16.2. The molecule has 3 heterocycles. The van der Waals surface area contributed by atoms with Crippen LogP contribution in [0, 0.1) is 6.92 Å². The minimum absolute atomic E-state index is 0.138. The maximum atomic E-state index is 10.1. The van der Waals surface area contributed by atoms with Crippen molar-refractivity contribution in [2.45, 2.75) is 32.7 Å². The predicted molar refractivity (Wildman–Crippen MR) is 114 cm³/mol. The Morgan fingerprint density at radius 3 is 2.46 bits per heavy atom. The molecule has 0 aliphatic carbocycles. The van der Waals surface area contributed by atoms with Crippen molar-refractivity contribution >= 4 is 22.8 Å². The second-order valence-corrected chi connectivity index (χ2v) is 7.34. The summed E-state index contributed by atoms with van der Waals surface area (Å²) in [4.78, 5) is 9.94.